The van der Waals surface area contributed by atoms with E-state index < -0.39 is 0 Å². The fourth-order valence-electron chi connectivity index (χ4n) is 0.684. The van der Waals surface area contributed by atoms with Crippen molar-refractivity contribution in [2.45, 2.75) is 6.92 Å². The predicted octanol–water partition coefficient (Wildman–Crippen LogP) is 1.40. The molecule has 0 rings (SSSR count). The summed E-state index contributed by atoms with van der Waals surface area (Å²) in [4.78, 5) is 0. The van der Waals surface area contributed by atoms with Crippen LogP contribution in [0.5, 0.6) is 0 Å². The molecule has 62 valence electrons. The van der Waals surface area contributed by atoms with Crippen LogP contribution in [-0.2, 0) is 0 Å². The summed E-state index contributed by atoms with van der Waals surface area (Å²) < 4.78 is 0. The highest BCUT2D eigenvalue weighted by atomic mass is 14.9. The zero-order valence-electron chi connectivity index (χ0n) is 7.06. The second-order valence-electron chi connectivity index (χ2n) is 2.01. The summed E-state index contributed by atoms with van der Waals surface area (Å²) >= 11 is 0. The maximum absolute atomic E-state index is 3.67. The van der Waals surface area contributed by atoms with Crippen molar-refractivity contribution in [2.24, 2.45) is 0 Å². The van der Waals surface area contributed by atoms with Gasteiger partial charge in [-0.15, -0.1) is 0 Å². The molecular weight excluding hydrogens is 136 g/mol. The lowest BCUT2D eigenvalue weighted by Gasteiger charge is -2.02. The largest absolute Gasteiger partial charge is 0.388 e. The van der Waals surface area contributed by atoms with Gasteiger partial charge in [0.25, 0.3) is 0 Å². The van der Waals surface area contributed by atoms with Crippen LogP contribution in [0.3, 0.4) is 0 Å². The molecule has 0 aliphatic carbocycles. The van der Waals surface area contributed by atoms with Crippen LogP contribution in [-0.4, -0.2) is 13.1 Å². The number of allylic oxidation sites excluding steroid dienone is 1. The second kappa shape index (κ2) is 6.93. The van der Waals surface area contributed by atoms with Gasteiger partial charge >= 0.3 is 0 Å². The molecule has 0 saturated heterocycles. The highest BCUT2D eigenvalue weighted by Crippen LogP contribution is 1.87. The smallest absolute Gasteiger partial charge is 0.0347 e. The molecule has 0 aromatic carbocycles. The minimum atomic E-state index is 0.790. The second-order valence-corrected chi connectivity index (χ2v) is 2.01. The predicted molar refractivity (Wildman–Crippen MR) is 50.2 cm³/mol. The summed E-state index contributed by atoms with van der Waals surface area (Å²) in [5, 5.41) is 6.13. The van der Waals surface area contributed by atoms with Crippen LogP contribution >= 0.6 is 0 Å². The monoisotopic (exact) mass is 152 g/mol. The van der Waals surface area contributed by atoms with Gasteiger partial charge < -0.3 is 10.6 Å². The Labute approximate surface area is 68.7 Å². The van der Waals surface area contributed by atoms with E-state index in [1.54, 1.807) is 12.3 Å². The van der Waals surface area contributed by atoms with Gasteiger partial charge in [-0.1, -0.05) is 13.2 Å². The molecule has 0 unspecified atom stereocenters. The van der Waals surface area contributed by atoms with Crippen molar-refractivity contribution in [3.05, 3.63) is 37.2 Å². The normalized spacial score (nSPS) is 10.5. The zero-order valence-corrected chi connectivity index (χ0v) is 7.06. The number of nitrogens with one attached hydrogen (secondary N) is 2. The molecule has 2 heteroatoms. The Kier molecular flexibility index (Phi) is 6.19. The van der Waals surface area contributed by atoms with Gasteiger partial charge in [-0.3, -0.25) is 0 Å². The first kappa shape index (κ1) is 9.82. The summed E-state index contributed by atoms with van der Waals surface area (Å²) in [7, 11) is 0. The molecule has 0 bridgehead atoms. The first-order valence-corrected chi connectivity index (χ1v) is 3.75. The van der Waals surface area contributed by atoms with Crippen LogP contribution in [0.1, 0.15) is 6.92 Å². The lowest BCUT2D eigenvalue weighted by atomic mass is 10.4. The van der Waals surface area contributed by atoms with E-state index >= 15 is 0 Å². The van der Waals surface area contributed by atoms with Crippen LogP contribution < -0.4 is 10.6 Å². The first-order valence-electron chi connectivity index (χ1n) is 3.75. The summed E-state index contributed by atoms with van der Waals surface area (Å²) in [6.07, 6.45) is 5.50. The topological polar surface area (TPSA) is 24.1 Å². The summed E-state index contributed by atoms with van der Waals surface area (Å²) in [6.45, 7) is 11.0. The Balaban J connectivity index is 3.69. The van der Waals surface area contributed by atoms with Gasteiger partial charge in [-0.25, -0.2) is 0 Å². The van der Waals surface area contributed by atoms with E-state index in [9.17, 15) is 0 Å². The Morgan fingerprint density at radius 2 is 2.18 bits per heavy atom. The molecule has 0 spiro atoms. The highest BCUT2D eigenvalue weighted by Gasteiger charge is 1.84. The quantitative estimate of drug-likeness (QED) is 0.444. The third-order valence-corrected chi connectivity index (χ3v) is 1.18. The minimum Gasteiger partial charge on any atom is -0.388 e. The molecule has 0 fully saturated rings. The standard InChI is InChI=1S/C9H16N2/c1-4-9(11-6-3)7-8-10-5-2/h4-5,7,10-11H,1-2,6,8H2,3H3/b9-7+. The van der Waals surface area contributed by atoms with E-state index in [1.165, 1.54) is 0 Å². The van der Waals surface area contributed by atoms with Gasteiger partial charge in [-0.2, -0.15) is 0 Å². The van der Waals surface area contributed by atoms with Crippen molar-refractivity contribution in [1.29, 1.82) is 0 Å². The number of likely N-dealkylation sites (N-methyl/N-ethyl adjacent to an activating group) is 1. The van der Waals surface area contributed by atoms with E-state index in [0.29, 0.717) is 0 Å². The zero-order chi connectivity index (χ0) is 8.53. The van der Waals surface area contributed by atoms with Crippen molar-refractivity contribution >= 4 is 0 Å². The third kappa shape index (κ3) is 5.27. The number of hydrogen-bond acceptors (Lipinski definition) is 2. The van der Waals surface area contributed by atoms with Gasteiger partial charge in [0, 0.05) is 18.8 Å². The molecule has 0 radical (unpaired) electrons. The Hall–Kier alpha value is -1.18. The Morgan fingerprint density at radius 3 is 2.64 bits per heavy atom. The molecule has 0 aromatic rings. The molecule has 11 heavy (non-hydrogen) atoms. The Bertz CT molecular complexity index is 148. The fourth-order valence-corrected chi connectivity index (χ4v) is 0.684. The third-order valence-electron chi connectivity index (χ3n) is 1.18. The van der Waals surface area contributed by atoms with E-state index in [2.05, 4.69) is 30.7 Å². The molecular formula is C9H16N2. The van der Waals surface area contributed by atoms with Crippen LogP contribution in [0, 0.1) is 0 Å². The molecule has 0 amide bonds. The van der Waals surface area contributed by atoms with Gasteiger partial charge in [0.15, 0.2) is 0 Å². The van der Waals surface area contributed by atoms with Gasteiger partial charge in [-0.05, 0) is 25.3 Å². The van der Waals surface area contributed by atoms with E-state index in [4.69, 9.17) is 0 Å². The number of hydrogen-bond donors (Lipinski definition) is 2. The van der Waals surface area contributed by atoms with Crippen molar-refractivity contribution < 1.29 is 0 Å². The molecule has 2 nitrogen and oxygen atoms in total. The van der Waals surface area contributed by atoms with Crippen LogP contribution in [0.25, 0.3) is 0 Å². The van der Waals surface area contributed by atoms with E-state index in [1.807, 2.05) is 6.08 Å². The molecule has 2 N–H and O–H groups in total. The average molecular weight is 152 g/mol. The summed E-state index contributed by atoms with van der Waals surface area (Å²) in [5.74, 6) is 0. The van der Waals surface area contributed by atoms with E-state index in [-0.39, 0.29) is 0 Å². The average Bonchev–Trinajstić information content (AvgIpc) is 2.03. The van der Waals surface area contributed by atoms with Gasteiger partial charge in [0.1, 0.15) is 0 Å². The molecule has 0 saturated carbocycles. The van der Waals surface area contributed by atoms with E-state index in [0.717, 1.165) is 18.8 Å². The molecule has 0 atom stereocenters. The van der Waals surface area contributed by atoms with Gasteiger partial charge in [0.2, 0.25) is 0 Å². The van der Waals surface area contributed by atoms with Crippen LogP contribution in [0.4, 0.5) is 0 Å². The highest BCUT2D eigenvalue weighted by molar-refractivity contribution is 5.14. The maximum Gasteiger partial charge on any atom is 0.0347 e. The summed E-state index contributed by atoms with van der Waals surface area (Å²) in [6, 6.07) is 0. The lowest BCUT2D eigenvalue weighted by molar-refractivity contribution is 0.863. The lowest BCUT2D eigenvalue weighted by Crippen LogP contribution is -2.13. The SMILES string of the molecule is C=CNC/C=C(\C=C)NCC. The minimum absolute atomic E-state index is 0.790. The number of rotatable bonds is 6. The van der Waals surface area contributed by atoms with Crippen molar-refractivity contribution in [1.82, 2.24) is 10.6 Å². The molecule has 0 aromatic heterocycles. The molecule has 0 aliphatic heterocycles. The fraction of sp³-hybridized carbons (Fsp3) is 0.333. The first-order chi connectivity index (χ1) is 5.35. The van der Waals surface area contributed by atoms with Crippen molar-refractivity contribution in [3.63, 3.8) is 0 Å². The van der Waals surface area contributed by atoms with Crippen molar-refractivity contribution in [3.8, 4) is 0 Å². The van der Waals surface area contributed by atoms with Crippen molar-refractivity contribution in [2.75, 3.05) is 13.1 Å². The molecule has 0 heterocycles. The van der Waals surface area contributed by atoms with Gasteiger partial charge in [0.05, 0.1) is 0 Å². The van der Waals surface area contributed by atoms with Crippen LogP contribution in [0.2, 0.25) is 0 Å². The maximum atomic E-state index is 3.67. The summed E-state index contributed by atoms with van der Waals surface area (Å²) in [5.41, 5.74) is 1.06. The molecule has 0 aliphatic rings. The Morgan fingerprint density at radius 1 is 1.45 bits per heavy atom. The van der Waals surface area contributed by atoms with Crippen LogP contribution in [0.15, 0.2) is 37.2 Å².